The van der Waals surface area contributed by atoms with Crippen LogP contribution in [-0.2, 0) is 22.1 Å². The average molecular weight is 505 g/mol. The standard InChI is InChI=1S/C10H19NO2S.C10H19NO2.CH4O.CH4S.Na/c1-10(2,3)13-9(12)11-5-8(6-11)7-14-4;1-5-8-6-11(7-8)9(12)13-10(2,3)4;2*1-2;/h8H,5-7H2,1-4H3;8H,5-7H2,1-4H3;2*2H,1H3;/q;;;;+1/p-1. The molecule has 2 saturated heterocycles. The molecule has 32 heavy (non-hydrogen) atoms. The minimum absolute atomic E-state index is 0. The number of ether oxygens (including phenoxy) is 2. The number of likely N-dealkylation sites (tertiary alicyclic amines) is 2. The van der Waals surface area contributed by atoms with Gasteiger partial charge < -0.3 is 37.0 Å². The molecule has 10 heteroatoms. The Morgan fingerprint density at radius 2 is 1.19 bits per heavy atom. The van der Waals surface area contributed by atoms with Crippen molar-refractivity contribution in [1.29, 1.82) is 0 Å². The zero-order valence-corrected chi connectivity index (χ0v) is 25.8. The quantitative estimate of drug-likeness (QED) is 0.458. The summed E-state index contributed by atoms with van der Waals surface area (Å²) in [7, 11) is 1.00. The summed E-state index contributed by atoms with van der Waals surface area (Å²) in [6.45, 7) is 16.9. The summed E-state index contributed by atoms with van der Waals surface area (Å²) < 4.78 is 10.5. The minimum atomic E-state index is -0.373. The summed E-state index contributed by atoms with van der Waals surface area (Å²) in [5.74, 6) is 2.49. The third-order valence-corrected chi connectivity index (χ3v) is 5.00. The first-order chi connectivity index (χ1) is 14.3. The van der Waals surface area contributed by atoms with Gasteiger partial charge in [-0.1, -0.05) is 6.92 Å². The summed E-state index contributed by atoms with van der Waals surface area (Å²) >= 11 is 5.92. The number of thioether (sulfide) groups is 1. The van der Waals surface area contributed by atoms with E-state index in [1.165, 1.54) is 0 Å². The third kappa shape index (κ3) is 16.8. The van der Waals surface area contributed by atoms with E-state index in [-0.39, 0.29) is 52.9 Å². The molecule has 0 radical (unpaired) electrons. The monoisotopic (exact) mass is 504 g/mol. The van der Waals surface area contributed by atoms with E-state index >= 15 is 0 Å². The van der Waals surface area contributed by atoms with Gasteiger partial charge >= 0.3 is 41.7 Å². The summed E-state index contributed by atoms with van der Waals surface area (Å²) in [4.78, 5) is 26.4. The molecule has 2 aliphatic rings. The van der Waals surface area contributed by atoms with E-state index in [2.05, 4.69) is 25.8 Å². The normalized spacial score (nSPS) is 15.6. The predicted octanol–water partition coefficient (Wildman–Crippen LogP) is 1.26. The van der Waals surface area contributed by atoms with Crippen molar-refractivity contribution in [3.63, 3.8) is 0 Å². The summed E-state index contributed by atoms with van der Waals surface area (Å²) in [5.41, 5.74) is -0.740. The van der Waals surface area contributed by atoms with E-state index < -0.39 is 0 Å². The van der Waals surface area contributed by atoms with Crippen LogP contribution in [0.15, 0.2) is 0 Å². The zero-order valence-electron chi connectivity index (χ0n) is 22.2. The number of carbonyl (C=O) groups is 2. The first kappa shape index (κ1) is 36.8. The third-order valence-electron chi connectivity index (χ3n) is 4.20. The van der Waals surface area contributed by atoms with Crippen LogP contribution in [0.2, 0.25) is 0 Å². The summed E-state index contributed by atoms with van der Waals surface area (Å²) in [6.07, 6.45) is 4.49. The number of carbonyl (C=O) groups excluding carboxylic acids is 2. The first-order valence-electron chi connectivity index (χ1n) is 10.6. The molecule has 1 N–H and O–H groups in total. The second-order valence-corrected chi connectivity index (χ2v) is 10.3. The molecule has 2 heterocycles. The Bertz CT molecular complexity index is 502. The van der Waals surface area contributed by atoms with Gasteiger partial charge in [-0.05, 0) is 65.9 Å². The van der Waals surface area contributed by atoms with Gasteiger partial charge in [0.2, 0.25) is 0 Å². The van der Waals surface area contributed by atoms with Crippen LogP contribution < -0.4 is 29.6 Å². The van der Waals surface area contributed by atoms with Crippen molar-refractivity contribution in [2.45, 2.75) is 66.1 Å². The van der Waals surface area contributed by atoms with Gasteiger partial charge in [0.25, 0.3) is 0 Å². The molecule has 0 saturated carbocycles. The van der Waals surface area contributed by atoms with Crippen molar-refractivity contribution in [2.24, 2.45) is 11.8 Å². The molecular formula is C22H45N2NaO5S2. The molecule has 0 bridgehead atoms. The topological polar surface area (TPSA) is 79.3 Å². The van der Waals surface area contributed by atoms with Crippen LogP contribution in [0.3, 0.4) is 0 Å². The zero-order chi connectivity index (χ0) is 24.8. The van der Waals surface area contributed by atoms with E-state index in [1.807, 2.05) is 53.3 Å². The van der Waals surface area contributed by atoms with Gasteiger partial charge in [0.05, 0.1) is 0 Å². The van der Waals surface area contributed by atoms with Crippen molar-refractivity contribution in [2.75, 3.05) is 51.6 Å². The number of aliphatic hydroxyl groups excluding tert-OH is 1. The van der Waals surface area contributed by atoms with Gasteiger partial charge in [-0.3, -0.25) is 0 Å². The Labute approximate surface area is 228 Å². The number of aliphatic hydroxyl groups is 1. The Morgan fingerprint density at radius 3 is 1.44 bits per heavy atom. The average Bonchev–Trinajstić information content (AvgIpc) is 2.58. The molecule has 0 aromatic carbocycles. The number of nitrogens with zero attached hydrogens (tertiary/aromatic N) is 2. The van der Waals surface area contributed by atoms with Gasteiger partial charge in [0, 0.05) is 39.2 Å². The van der Waals surface area contributed by atoms with Gasteiger partial charge in [-0.2, -0.15) is 18.0 Å². The van der Waals surface area contributed by atoms with Crippen LogP contribution in [0.25, 0.3) is 0 Å². The number of rotatable bonds is 3. The van der Waals surface area contributed by atoms with Gasteiger partial charge in [0.1, 0.15) is 11.2 Å². The molecular weight excluding hydrogens is 459 g/mol. The van der Waals surface area contributed by atoms with Crippen molar-refractivity contribution < 1.29 is 53.7 Å². The minimum Gasteiger partial charge on any atom is -0.796 e. The molecule has 2 fully saturated rings. The van der Waals surface area contributed by atoms with Crippen LogP contribution >= 0.6 is 11.8 Å². The van der Waals surface area contributed by atoms with E-state index in [1.54, 1.807) is 16.1 Å². The van der Waals surface area contributed by atoms with E-state index in [4.69, 9.17) is 14.6 Å². The van der Waals surface area contributed by atoms with Crippen molar-refractivity contribution in [3.8, 4) is 0 Å². The molecule has 0 spiro atoms. The maximum Gasteiger partial charge on any atom is 1.00 e. The Kier molecular flexibility index (Phi) is 21.3. The smallest absolute Gasteiger partial charge is 0.796 e. The fourth-order valence-electron chi connectivity index (χ4n) is 2.69. The maximum absolute atomic E-state index is 11.5. The molecule has 0 aromatic rings. The van der Waals surface area contributed by atoms with Crippen molar-refractivity contribution in [3.05, 3.63) is 0 Å². The number of amides is 2. The first-order valence-corrected chi connectivity index (χ1v) is 12.9. The summed E-state index contributed by atoms with van der Waals surface area (Å²) in [6, 6.07) is 0. The van der Waals surface area contributed by atoms with Crippen LogP contribution in [0.1, 0.15) is 54.9 Å². The second-order valence-electron chi connectivity index (χ2n) is 9.37. The van der Waals surface area contributed by atoms with Gasteiger partial charge in [-0.25, -0.2) is 9.59 Å². The Hall–Kier alpha value is 0.200. The Balaban J connectivity index is -0.000000443. The van der Waals surface area contributed by atoms with Crippen LogP contribution in [-0.4, -0.2) is 89.8 Å². The molecule has 186 valence electrons. The van der Waals surface area contributed by atoms with Gasteiger partial charge in [-0.15, -0.1) is 0 Å². The Morgan fingerprint density at radius 1 is 0.875 bits per heavy atom. The summed E-state index contributed by atoms with van der Waals surface area (Å²) in [5, 5.41) is 7.00. The van der Waals surface area contributed by atoms with Gasteiger partial charge in [0.15, 0.2) is 0 Å². The van der Waals surface area contributed by atoms with Crippen molar-refractivity contribution in [1.82, 2.24) is 9.80 Å². The fourth-order valence-corrected chi connectivity index (χ4v) is 3.37. The predicted molar refractivity (Wildman–Crippen MR) is 133 cm³/mol. The van der Waals surface area contributed by atoms with E-state index in [9.17, 15) is 9.59 Å². The SMILES string of the molecule is CCC1CN(C(=O)OC(C)(C)C)C1.CO.CSCC1CN(C(=O)OC(C)(C)C)C1.C[S-].[Na+]. The van der Waals surface area contributed by atoms with E-state index in [0.29, 0.717) is 11.8 Å². The molecule has 0 unspecified atom stereocenters. The molecule has 0 aliphatic carbocycles. The van der Waals surface area contributed by atoms with Crippen LogP contribution in [0.4, 0.5) is 9.59 Å². The molecule has 0 atom stereocenters. The molecule has 0 aromatic heterocycles. The van der Waals surface area contributed by atoms with Crippen LogP contribution in [0, 0.1) is 11.8 Å². The molecule has 7 nitrogen and oxygen atoms in total. The number of hydrogen-bond acceptors (Lipinski definition) is 7. The number of hydrogen-bond donors (Lipinski definition) is 1. The van der Waals surface area contributed by atoms with Crippen LogP contribution in [0.5, 0.6) is 0 Å². The molecule has 2 rings (SSSR count). The van der Waals surface area contributed by atoms with E-state index in [0.717, 1.165) is 45.5 Å². The second kappa shape index (κ2) is 18.5. The maximum atomic E-state index is 11.5. The fraction of sp³-hybridized carbons (Fsp3) is 0.909. The van der Waals surface area contributed by atoms with Crippen molar-refractivity contribution >= 4 is 36.6 Å². The molecule has 2 aliphatic heterocycles. The largest absolute Gasteiger partial charge is 1.00 e. The molecule has 2 amide bonds.